The average molecular weight is 296 g/mol. The summed E-state index contributed by atoms with van der Waals surface area (Å²) >= 11 is 1.35. The maximum absolute atomic E-state index is 12.5. The average Bonchev–Trinajstić information content (AvgIpc) is 2.53. The highest BCUT2D eigenvalue weighted by Gasteiger charge is 2.34. The van der Waals surface area contributed by atoms with Crippen LogP contribution in [-0.2, 0) is 9.53 Å². The van der Waals surface area contributed by atoms with Crippen molar-refractivity contribution in [2.45, 2.75) is 24.0 Å². The molecular weight excluding hydrogens is 280 g/mol. The summed E-state index contributed by atoms with van der Waals surface area (Å²) in [6.07, 6.45) is 4.75. The highest BCUT2D eigenvalue weighted by Crippen LogP contribution is 2.16. The lowest BCUT2D eigenvalue weighted by molar-refractivity contribution is -0.148. The highest BCUT2D eigenvalue weighted by atomic mass is 32.2. The summed E-state index contributed by atoms with van der Waals surface area (Å²) in [7, 11) is 1.32. The summed E-state index contributed by atoms with van der Waals surface area (Å²) in [5.41, 5.74) is 3.19. The van der Waals surface area contributed by atoms with Crippen LogP contribution in [-0.4, -0.2) is 52.8 Å². The fraction of sp³-hybridized carbons (Fsp3) is 0.500. The summed E-state index contributed by atoms with van der Waals surface area (Å²) in [4.78, 5) is 32.4. The molecule has 0 radical (unpaired) electrons. The highest BCUT2D eigenvalue weighted by molar-refractivity contribution is 7.98. The van der Waals surface area contributed by atoms with E-state index in [2.05, 4.69) is 15.4 Å². The van der Waals surface area contributed by atoms with Gasteiger partial charge in [0, 0.05) is 12.7 Å². The molecule has 7 nitrogen and oxygen atoms in total. The van der Waals surface area contributed by atoms with E-state index in [1.165, 1.54) is 36.1 Å². The molecule has 1 atom stereocenters. The molecule has 0 unspecified atom stereocenters. The van der Waals surface area contributed by atoms with Crippen LogP contribution < -0.4 is 5.43 Å². The van der Waals surface area contributed by atoms with Crippen molar-refractivity contribution in [2.24, 2.45) is 0 Å². The first-order valence-corrected chi connectivity index (χ1v) is 7.41. The van der Waals surface area contributed by atoms with Gasteiger partial charge in [-0.2, -0.15) is 0 Å². The largest absolute Gasteiger partial charge is 0.467 e. The Labute approximate surface area is 121 Å². The van der Waals surface area contributed by atoms with Crippen molar-refractivity contribution in [1.82, 2.24) is 20.4 Å². The van der Waals surface area contributed by atoms with E-state index in [-0.39, 0.29) is 11.6 Å². The molecule has 1 saturated heterocycles. The predicted octanol–water partition coefficient (Wildman–Crippen LogP) is 0.481. The number of hydrogen-bond donors (Lipinski definition) is 1. The molecule has 2 rings (SSSR count). The Hall–Kier alpha value is -1.67. The molecule has 1 aromatic heterocycles. The van der Waals surface area contributed by atoms with Crippen LogP contribution in [0.3, 0.4) is 0 Å². The maximum Gasteiger partial charge on any atom is 0.330 e. The quantitative estimate of drug-likeness (QED) is 0.493. The van der Waals surface area contributed by atoms with Crippen molar-refractivity contribution in [3.05, 3.63) is 18.0 Å². The Bertz CT molecular complexity index is 511. The molecule has 8 heteroatoms. The number of aromatic nitrogens is 2. The second-order valence-electron chi connectivity index (χ2n) is 4.19. The second-order valence-corrected chi connectivity index (χ2v) is 4.97. The number of methoxy groups -OCH3 is 1. The number of amides is 1. The van der Waals surface area contributed by atoms with E-state index in [4.69, 9.17) is 4.74 Å². The minimum Gasteiger partial charge on any atom is -0.467 e. The molecule has 0 spiro atoms. The summed E-state index contributed by atoms with van der Waals surface area (Å²) in [6, 6.07) is 0.918. The number of hydrazine groups is 1. The number of carbonyl (C=O) groups is 2. The topological polar surface area (TPSA) is 84.4 Å². The smallest absolute Gasteiger partial charge is 0.330 e. The van der Waals surface area contributed by atoms with Crippen LogP contribution in [0, 0.1) is 0 Å². The van der Waals surface area contributed by atoms with Gasteiger partial charge in [-0.1, -0.05) is 11.8 Å². The van der Waals surface area contributed by atoms with Crippen LogP contribution in [0.2, 0.25) is 0 Å². The van der Waals surface area contributed by atoms with Gasteiger partial charge < -0.3 is 4.74 Å². The van der Waals surface area contributed by atoms with E-state index in [9.17, 15) is 9.59 Å². The second kappa shape index (κ2) is 6.67. The third kappa shape index (κ3) is 3.07. The summed E-state index contributed by atoms with van der Waals surface area (Å²) in [5, 5.41) is 1.82. The van der Waals surface area contributed by atoms with Gasteiger partial charge in [0.25, 0.3) is 5.91 Å². The number of hydrogen-bond acceptors (Lipinski definition) is 7. The molecule has 1 amide bonds. The zero-order valence-electron chi connectivity index (χ0n) is 11.3. The molecule has 108 valence electrons. The number of nitrogens with one attached hydrogen (secondary N) is 1. The fourth-order valence-electron chi connectivity index (χ4n) is 1.99. The van der Waals surface area contributed by atoms with Crippen molar-refractivity contribution in [3.8, 4) is 0 Å². The van der Waals surface area contributed by atoms with Crippen LogP contribution in [0.25, 0.3) is 0 Å². The van der Waals surface area contributed by atoms with Crippen LogP contribution in [0.5, 0.6) is 0 Å². The van der Waals surface area contributed by atoms with E-state index < -0.39 is 12.0 Å². The first kappa shape index (κ1) is 14.7. The van der Waals surface area contributed by atoms with Gasteiger partial charge in [0.05, 0.1) is 7.11 Å². The first-order chi connectivity index (χ1) is 9.67. The lowest BCUT2D eigenvalue weighted by atomic mass is 10.1. The van der Waals surface area contributed by atoms with E-state index in [0.717, 1.165) is 6.42 Å². The zero-order valence-corrected chi connectivity index (χ0v) is 12.1. The van der Waals surface area contributed by atoms with Gasteiger partial charge in [0.1, 0.15) is 11.7 Å². The van der Waals surface area contributed by atoms with Crippen molar-refractivity contribution in [2.75, 3.05) is 19.9 Å². The van der Waals surface area contributed by atoms with Crippen molar-refractivity contribution < 1.29 is 14.3 Å². The molecule has 1 aliphatic heterocycles. The lowest BCUT2D eigenvalue weighted by Crippen LogP contribution is -2.56. The number of nitrogens with zero attached hydrogens (tertiary/aromatic N) is 3. The molecule has 1 aromatic rings. The van der Waals surface area contributed by atoms with Crippen LogP contribution in [0.1, 0.15) is 23.3 Å². The molecule has 1 aliphatic rings. The number of rotatable bonds is 3. The maximum atomic E-state index is 12.5. The van der Waals surface area contributed by atoms with Gasteiger partial charge in [-0.25, -0.2) is 20.2 Å². The lowest BCUT2D eigenvalue weighted by Gasteiger charge is -2.33. The fourth-order valence-corrected chi connectivity index (χ4v) is 2.34. The molecule has 0 aromatic carbocycles. The molecule has 1 N–H and O–H groups in total. The Balaban J connectivity index is 2.22. The van der Waals surface area contributed by atoms with Gasteiger partial charge in [-0.05, 0) is 25.2 Å². The van der Waals surface area contributed by atoms with Crippen molar-refractivity contribution >= 4 is 23.6 Å². The Morgan fingerprint density at radius 1 is 1.55 bits per heavy atom. The van der Waals surface area contributed by atoms with Crippen LogP contribution in [0.4, 0.5) is 0 Å². The zero-order chi connectivity index (χ0) is 14.5. The van der Waals surface area contributed by atoms with Crippen molar-refractivity contribution in [1.29, 1.82) is 0 Å². The number of esters is 1. The van der Waals surface area contributed by atoms with Gasteiger partial charge in [0.15, 0.2) is 5.16 Å². The molecule has 0 aliphatic carbocycles. The third-order valence-electron chi connectivity index (χ3n) is 2.98. The normalized spacial score (nSPS) is 18.7. The van der Waals surface area contributed by atoms with Gasteiger partial charge in [0.2, 0.25) is 0 Å². The number of thioether (sulfide) groups is 1. The van der Waals surface area contributed by atoms with E-state index in [1.54, 1.807) is 0 Å². The molecule has 20 heavy (non-hydrogen) atoms. The SMILES string of the molecule is COC(=O)[C@@H]1CCCNN1C(=O)c1ccnc(SC)n1. The minimum atomic E-state index is -0.617. The Kier molecular flexibility index (Phi) is 4.91. The minimum absolute atomic E-state index is 0.257. The predicted molar refractivity (Wildman–Crippen MR) is 73.0 cm³/mol. The van der Waals surface area contributed by atoms with Gasteiger partial charge >= 0.3 is 5.97 Å². The number of carbonyl (C=O) groups excluding carboxylic acids is 2. The number of ether oxygens (including phenoxy) is 1. The first-order valence-electron chi connectivity index (χ1n) is 6.19. The van der Waals surface area contributed by atoms with Gasteiger partial charge in [-0.15, -0.1) is 0 Å². The van der Waals surface area contributed by atoms with Crippen LogP contribution in [0.15, 0.2) is 17.4 Å². The third-order valence-corrected chi connectivity index (χ3v) is 3.54. The summed E-state index contributed by atoms with van der Waals surface area (Å²) in [6.45, 7) is 0.639. The summed E-state index contributed by atoms with van der Waals surface area (Å²) < 4.78 is 4.74. The molecule has 1 fully saturated rings. The van der Waals surface area contributed by atoms with Crippen molar-refractivity contribution in [3.63, 3.8) is 0 Å². The van der Waals surface area contributed by atoms with Crippen LogP contribution >= 0.6 is 11.8 Å². The van der Waals surface area contributed by atoms with E-state index >= 15 is 0 Å². The van der Waals surface area contributed by atoms with Gasteiger partial charge in [-0.3, -0.25) is 9.80 Å². The molecule has 0 saturated carbocycles. The van der Waals surface area contributed by atoms with E-state index in [1.807, 2.05) is 6.26 Å². The standard InChI is InChI=1S/C12H16N4O3S/c1-19-11(18)9-4-3-6-14-16(9)10(17)8-5-7-13-12(15-8)20-2/h5,7,9,14H,3-4,6H2,1-2H3/t9-/m0/s1. The molecule has 2 heterocycles. The summed E-state index contributed by atoms with van der Waals surface area (Å²) in [5.74, 6) is -0.775. The molecular formula is C12H16N4O3S. The Morgan fingerprint density at radius 3 is 3.05 bits per heavy atom. The Morgan fingerprint density at radius 2 is 2.35 bits per heavy atom. The van der Waals surface area contributed by atoms with E-state index in [0.29, 0.717) is 18.1 Å². The molecule has 0 bridgehead atoms. The monoisotopic (exact) mass is 296 g/mol.